The van der Waals surface area contributed by atoms with Gasteiger partial charge in [0.05, 0.1) is 11.4 Å². The summed E-state index contributed by atoms with van der Waals surface area (Å²) in [6.07, 6.45) is 4.06. The second-order valence-corrected chi connectivity index (χ2v) is 16.6. The third kappa shape index (κ3) is 4.19. The lowest BCUT2D eigenvalue weighted by molar-refractivity contribution is 1.33. The highest BCUT2D eigenvalue weighted by Crippen LogP contribution is 2.38. The van der Waals surface area contributed by atoms with E-state index in [1.54, 1.807) is 0 Å². The predicted octanol–water partition coefficient (Wildman–Crippen LogP) is 8.48. The number of benzene rings is 6. The lowest BCUT2D eigenvalue weighted by Gasteiger charge is -2.28. The molecule has 3 heteroatoms. The summed E-state index contributed by atoms with van der Waals surface area (Å²) in [6.45, 7) is 0. The second-order valence-electron chi connectivity index (χ2n) is 13.0. The first-order valence-corrected chi connectivity index (χ1v) is 18.8. The Morgan fingerprint density at radius 2 is 0.673 bits per heavy atom. The Morgan fingerprint density at radius 1 is 0.286 bits per heavy atom. The van der Waals surface area contributed by atoms with Gasteiger partial charge in [-0.1, -0.05) is 158 Å². The monoisotopic (exact) mass is 638 g/mol. The van der Waals surface area contributed by atoms with E-state index in [2.05, 4.69) is 158 Å². The highest BCUT2D eigenvalue weighted by Gasteiger charge is 2.54. The predicted molar refractivity (Wildman–Crippen MR) is 205 cm³/mol. The van der Waals surface area contributed by atoms with Crippen LogP contribution in [0.3, 0.4) is 0 Å². The van der Waals surface area contributed by atoms with E-state index in [0.717, 1.165) is 33.6 Å². The van der Waals surface area contributed by atoms with E-state index in [1.165, 1.54) is 54.1 Å². The average molecular weight is 639 g/mol. The van der Waals surface area contributed by atoms with Crippen LogP contribution < -0.4 is 20.7 Å². The molecule has 49 heavy (non-hydrogen) atoms. The number of nitrogens with zero attached hydrogens (tertiary/aromatic N) is 2. The van der Waals surface area contributed by atoms with Crippen molar-refractivity contribution in [1.29, 1.82) is 0 Å². The molecule has 0 saturated carbocycles. The maximum atomic E-state index is 4.90. The molecule has 0 bridgehead atoms. The van der Waals surface area contributed by atoms with Crippen molar-refractivity contribution < 1.29 is 0 Å². The van der Waals surface area contributed by atoms with E-state index in [1.807, 2.05) is 24.5 Å². The lowest BCUT2D eigenvalue weighted by atomic mass is 9.98. The maximum absolute atomic E-state index is 4.90. The van der Waals surface area contributed by atoms with Gasteiger partial charge in [-0.25, -0.2) is 0 Å². The molecule has 0 fully saturated rings. The van der Waals surface area contributed by atoms with E-state index in [0.29, 0.717) is 0 Å². The van der Waals surface area contributed by atoms with Crippen molar-refractivity contribution in [2.24, 2.45) is 0 Å². The number of hydrogen-bond donors (Lipinski definition) is 0. The van der Waals surface area contributed by atoms with Crippen LogP contribution in [-0.4, -0.2) is 18.0 Å². The van der Waals surface area contributed by atoms with Gasteiger partial charge in [-0.05, 0) is 66.3 Å². The quantitative estimate of drug-likeness (QED) is 0.181. The average Bonchev–Trinajstić information content (AvgIpc) is 3.65. The Hall–Kier alpha value is -6.16. The molecule has 0 amide bonds. The van der Waals surface area contributed by atoms with Crippen LogP contribution in [0.2, 0.25) is 0 Å². The van der Waals surface area contributed by atoms with E-state index in [9.17, 15) is 0 Å². The van der Waals surface area contributed by atoms with Crippen LogP contribution >= 0.6 is 0 Å². The molecule has 0 unspecified atom stereocenters. The van der Waals surface area contributed by atoms with Crippen molar-refractivity contribution in [3.8, 4) is 67.0 Å². The van der Waals surface area contributed by atoms with Gasteiger partial charge in [0.2, 0.25) is 0 Å². The summed E-state index contributed by atoms with van der Waals surface area (Å²) in [6, 6.07) is 62.0. The number of fused-ring (bicyclic) bond motifs is 10. The van der Waals surface area contributed by atoms with Crippen LogP contribution in [-0.2, 0) is 0 Å². The molecule has 2 aliphatic heterocycles. The summed E-state index contributed by atoms with van der Waals surface area (Å²) in [4.78, 5) is 9.79. The van der Waals surface area contributed by atoms with Crippen molar-refractivity contribution in [3.05, 3.63) is 182 Å². The first-order chi connectivity index (χ1) is 24.3. The molecule has 4 heterocycles. The smallest absolute Gasteiger partial charge is 0.182 e. The summed E-state index contributed by atoms with van der Waals surface area (Å²) < 4.78 is 0. The Balaban J connectivity index is 1.16. The Bertz CT molecular complexity index is 2340. The molecule has 0 atom stereocenters. The van der Waals surface area contributed by atoms with Crippen molar-refractivity contribution >= 4 is 28.8 Å². The third-order valence-electron chi connectivity index (χ3n) is 10.4. The van der Waals surface area contributed by atoms with Gasteiger partial charge in [0.15, 0.2) is 8.07 Å². The second kappa shape index (κ2) is 10.9. The zero-order chi connectivity index (χ0) is 32.4. The highest BCUT2D eigenvalue weighted by atomic mass is 28.3. The van der Waals surface area contributed by atoms with Crippen LogP contribution in [0.1, 0.15) is 0 Å². The third-order valence-corrected chi connectivity index (χ3v) is 15.4. The van der Waals surface area contributed by atoms with Crippen molar-refractivity contribution in [2.45, 2.75) is 0 Å². The van der Waals surface area contributed by atoms with Crippen molar-refractivity contribution in [1.82, 2.24) is 9.97 Å². The minimum absolute atomic E-state index is 0.987. The van der Waals surface area contributed by atoms with Crippen molar-refractivity contribution in [3.63, 3.8) is 0 Å². The molecular weight excluding hydrogens is 609 g/mol. The molecule has 228 valence electrons. The van der Waals surface area contributed by atoms with E-state index in [-0.39, 0.29) is 0 Å². The molecule has 10 rings (SSSR count). The van der Waals surface area contributed by atoms with Gasteiger partial charge in [0.1, 0.15) is 0 Å². The van der Waals surface area contributed by atoms with Gasteiger partial charge in [-0.15, -0.1) is 0 Å². The fraction of sp³-hybridized carbons (Fsp3) is 0. The largest absolute Gasteiger partial charge is 0.256 e. The molecule has 0 N–H and O–H groups in total. The zero-order valence-corrected chi connectivity index (χ0v) is 27.7. The topological polar surface area (TPSA) is 25.8 Å². The molecule has 0 saturated heterocycles. The number of hydrogen-bond acceptors (Lipinski definition) is 2. The van der Waals surface area contributed by atoms with Gasteiger partial charge in [0, 0.05) is 34.6 Å². The first kappa shape index (κ1) is 27.9. The minimum atomic E-state index is -2.65. The van der Waals surface area contributed by atoms with Gasteiger partial charge < -0.3 is 0 Å². The lowest BCUT2D eigenvalue weighted by Crippen LogP contribution is -2.70. The first-order valence-electron chi connectivity index (χ1n) is 16.8. The maximum Gasteiger partial charge on any atom is 0.182 e. The Kier molecular flexibility index (Phi) is 6.23. The van der Waals surface area contributed by atoms with Gasteiger partial charge in [-0.3, -0.25) is 9.97 Å². The van der Waals surface area contributed by atoms with Crippen LogP contribution in [0.4, 0.5) is 0 Å². The normalized spacial score (nSPS) is 13.1. The molecule has 1 spiro atoms. The summed E-state index contributed by atoms with van der Waals surface area (Å²) >= 11 is 0. The van der Waals surface area contributed by atoms with Gasteiger partial charge in [0.25, 0.3) is 0 Å². The van der Waals surface area contributed by atoms with E-state index >= 15 is 0 Å². The van der Waals surface area contributed by atoms with E-state index in [4.69, 9.17) is 9.97 Å². The molecular formula is C46H30N2Si. The molecule has 0 radical (unpaired) electrons. The fourth-order valence-electron chi connectivity index (χ4n) is 8.19. The Morgan fingerprint density at radius 3 is 1.10 bits per heavy atom. The van der Waals surface area contributed by atoms with Gasteiger partial charge >= 0.3 is 0 Å². The number of aromatic nitrogens is 2. The Labute approximate surface area is 287 Å². The molecule has 6 aromatic carbocycles. The van der Waals surface area contributed by atoms with E-state index < -0.39 is 8.07 Å². The molecule has 2 aromatic heterocycles. The van der Waals surface area contributed by atoms with Crippen LogP contribution in [0, 0.1) is 0 Å². The molecule has 2 nitrogen and oxygen atoms in total. The van der Waals surface area contributed by atoms with Crippen LogP contribution in [0.5, 0.6) is 0 Å². The standard InChI is InChI=1S/C46H30N2Si/c1-3-11-31(12-4-1)41-25-21-35(29-47-41)33-19-23-39-40-24-20-34(36-22-26-42(48-30-36)32-13-5-2-6-14-32)28-46(40)49(45(39)27-33)43-17-9-7-15-37(43)38-16-8-10-18-44(38)49/h1-30H. The SMILES string of the molecule is c1ccc(-c2ccc(-c3ccc4c(c3)[Si]3(c5ccccc5-c5ccccc53)c3cc(-c5ccc(-c6ccccc6)nc5)ccc3-4)cn2)cc1. The summed E-state index contributed by atoms with van der Waals surface area (Å²) in [5.74, 6) is 0. The zero-order valence-electron chi connectivity index (χ0n) is 26.7. The summed E-state index contributed by atoms with van der Waals surface area (Å²) in [5, 5.41) is 5.86. The highest BCUT2D eigenvalue weighted by molar-refractivity contribution is 7.24. The minimum Gasteiger partial charge on any atom is -0.256 e. The van der Waals surface area contributed by atoms with Crippen LogP contribution in [0.25, 0.3) is 67.0 Å². The van der Waals surface area contributed by atoms with Crippen LogP contribution in [0.15, 0.2) is 182 Å². The number of pyridine rings is 2. The molecule has 2 aliphatic rings. The molecule has 0 aliphatic carbocycles. The number of rotatable bonds is 4. The summed E-state index contributed by atoms with van der Waals surface area (Å²) in [5.41, 5.74) is 14.3. The fourth-order valence-corrected chi connectivity index (χ4v) is 13.9. The summed E-state index contributed by atoms with van der Waals surface area (Å²) in [7, 11) is -2.65. The van der Waals surface area contributed by atoms with Gasteiger partial charge in [-0.2, -0.15) is 0 Å². The van der Waals surface area contributed by atoms with Crippen molar-refractivity contribution in [2.75, 3.05) is 0 Å². The molecule has 8 aromatic rings.